The zero-order valence-electron chi connectivity index (χ0n) is 14.4. The number of rotatable bonds is 5. The summed E-state index contributed by atoms with van der Waals surface area (Å²) in [7, 11) is 0. The summed E-state index contributed by atoms with van der Waals surface area (Å²) in [6.45, 7) is 0. The summed E-state index contributed by atoms with van der Waals surface area (Å²) in [6.07, 6.45) is 1.45. The first-order chi connectivity index (χ1) is 13.5. The lowest BCUT2D eigenvalue weighted by Gasteiger charge is -2.05. The van der Waals surface area contributed by atoms with Gasteiger partial charge >= 0.3 is 5.97 Å². The fourth-order valence-corrected chi connectivity index (χ4v) is 2.47. The Morgan fingerprint density at radius 2 is 1.50 bits per heavy atom. The predicted molar refractivity (Wildman–Crippen MR) is 107 cm³/mol. The summed E-state index contributed by atoms with van der Waals surface area (Å²) in [5.74, 6) is -0.932. The number of esters is 1. The minimum Gasteiger partial charge on any atom is -0.423 e. The Balaban J connectivity index is 1.55. The van der Waals surface area contributed by atoms with Gasteiger partial charge in [0, 0.05) is 10.0 Å². The molecule has 0 radical (unpaired) electrons. The van der Waals surface area contributed by atoms with Crippen molar-refractivity contribution in [2.45, 2.75) is 0 Å². The van der Waals surface area contributed by atoms with E-state index in [1.54, 1.807) is 48.5 Å². The zero-order chi connectivity index (χ0) is 19.9. The average Bonchev–Trinajstić information content (AvgIpc) is 2.70. The van der Waals surface area contributed by atoms with Gasteiger partial charge in [0.1, 0.15) is 11.6 Å². The molecular weight excluding hydrogens is 427 g/mol. The molecule has 7 heteroatoms. The quantitative estimate of drug-likeness (QED) is 0.273. The van der Waals surface area contributed by atoms with Gasteiger partial charge < -0.3 is 4.74 Å². The molecular formula is C21H14BrFN2O3. The fraction of sp³-hybridized carbons (Fsp3) is 0. The van der Waals surface area contributed by atoms with Gasteiger partial charge in [-0.2, -0.15) is 5.10 Å². The molecule has 0 aliphatic rings. The Morgan fingerprint density at radius 3 is 2.14 bits per heavy atom. The van der Waals surface area contributed by atoms with Crippen LogP contribution in [0.5, 0.6) is 5.75 Å². The number of nitrogens with one attached hydrogen (secondary N) is 1. The highest BCUT2D eigenvalue weighted by molar-refractivity contribution is 9.10. The van der Waals surface area contributed by atoms with Crippen LogP contribution in [0.15, 0.2) is 82.4 Å². The Labute approximate surface area is 169 Å². The number of halogens is 2. The van der Waals surface area contributed by atoms with Crippen LogP contribution in [-0.2, 0) is 0 Å². The summed E-state index contributed by atoms with van der Waals surface area (Å²) in [5.41, 5.74) is 3.80. The summed E-state index contributed by atoms with van der Waals surface area (Å²) < 4.78 is 19.0. The van der Waals surface area contributed by atoms with Crippen molar-refractivity contribution >= 4 is 34.0 Å². The zero-order valence-corrected chi connectivity index (χ0v) is 16.0. The molecule has 0 aliphatic carbocycles. The van der Waals surface area contributed by atoms with Crippen molar-refractivity contribution in [3.63, 3.8) is 0 Å². The lowest BCUT2D eigenvalue weighted by molar-refractivity contribution is 0.0734. The molecule has 0 saturated heterocycles. The average molecular weight is 441 g/mol. The maximum atomic E-state index is 12.9. The van der Waals surface area contributed by atoms with E-state index in [0.29, 0.717) is 22.4 Å². The minimum atomic E-state index is -0.458. The van der Waals surface area contributed by atoms with Crippen LogP contribution in [0.25, 0.3) is 0 Å². The normalized spacial score (nSPS) is 10.6. The highest BCUT2D eigenvalue weighted by Crippen LogP contribution is 2.15. The van der Waals surface area contributed by atoms with Crippen LogP contribution in [0.2, 0.25) is 0 Å². The SMILES string of the molecule is O=C(N/N=C\c1ccc(OC(=O)c2ccc(Br)cc2)cc1)c1ccc(F)cc1. The number of hydrogen-bond acceptors (Lipinski definition) is 4. The predicted octanol–water partition coefficient (Wildman–Crippen LogP) is 4.57. The number of carbonyl (C=O) groups is 2. The summed E-state index contributed by atoms with van der Waals surface area (Å²) in [5, 5.41) is 3.86. The minimum absolute atomic E-state index is 0.300. The van der Waals surface area contributed by atoms with Gasteiger partial charge in [-0.05, 0) is 78.4 Å². The number of amides is 1. The van der Waals surface area contributed by atoms with Crippen molar-refractivity contribution in [3.05, 3.63) is 99.8 Å². The largest absolute Gasteiger partial charge is 0.423 e. The van der Waals surface area contributed by atoms with Gasteiger partial charge in [0.2, 0.25) is 0 Å². The Hall–Kier alpha value is -3.32. The smallest absolute Gasteiger partial charge is 0.343 e. The third-order valence-corrected chi connectivity index (χ3v) is 4.19. The number of carbonyl (C=O) groups excluding carboxylic acids is 2. The summed E-state index contributed by atoms with van der Waals surface area (Å²) in [4.78, 5) is 23.9. The van der Waals surface area contributed by atoms with Gasteiger partial charge in [-0.15, -0.1) is 0 Å². The molecule has 0 saturated carbocycles. The van der Waals surface area contributed by atoms with Crippen molar-refractivity contribution in [1.29, 1.82) is 0 Å². The lowest BCUT2D eigenvalue weighted by atomic mass is 10.2. The second-order valence-corrected chi connectivity index (χ2v) is 6.59. The van der Waals surface area contributed by atoms with E-state index < -0.39 is 17.7 Å². The maximum absolute atomic E-state index is 12.9. The van der Waals surface area contributed by atoms with Crippen LogP contribution in [0.3, 0.4) is 0 Å². The molecule has 5 nitrogen and oxygen atoms in total. The van der Waals surface area contributed by atoms with Crippen LogP contribution in [0.4, 0.5) is 4.39 Å². The van der Waals surface area contributed by atoms with Crippen LogP contribution >= 0.6 is 15.9 Å². The highest BCUT2D eigenvalue weighted by Gasteiger charge is 2.08. The summed E-state index contributed by atoms with van der Waals surface area (Å²) in [6, 6.07) is 18.6. The van der Waals surface area contributed by atoms with E-state index >= 15 is 0 Å². The first-order valence-corrected chi connectivity index (χ1v) is 8.97. The molecule has 1 amide bonds. The highest BCUT2D eigenvalue weighted by atomic mass is 79.9. The summed E-state index contributed by atoms with van der Waals surface area (Å²) >= 11 is 3.31. The van der Waals surface area contributed by atoms with Crippen molar-refractivity contribution in [2.24, 2.45) is 5.10 Å². The van der Waals surface area contributed by atoms with Crippen molar-refractivity contribution in [1.82, 2.24) is 5.43 Å². The molecule has 0 fully saturated rings. The van der Waals surface area contributed by atoms with Gasteiger partial charge in [-0.1, -0.05) is 15.9 Å². The van der Waals surface area contributed by atoms with Crippen LogP contribution in [0.1, 0.15) is 26.3 Å². The van der Waals surface area contributed by atoms with E-state index in [1.807, 2.05) is 0 Å². The monoisotopic (exact) mass is 440 g/mol. The lowest BCUT2D eigenvalue weighted by Crippen LogP contribution is -2.17. The molecule has 3 rings (SSSR count). The topological polar surface area (TPSA) is 67.8 Å². The molecule has 0 atom stereocenters. The van der Waals surface area contributed by atoms with Gasteiger partial charge in [-0.3, -0.25) is 4.79 Å². The number of ether oxygens (including phenoxy) is 1. The van der Waals surface area contributed by atoms with E-state index in [2.05, 4.69) is 26.5 Å². The Kier molecular flexibility index (Phi) is 6.29. The molecule has 3 aromatic carbocycles. The fourth-order valence-electron chi connectivity index (χ4n) is 2.21. The molecule has 1 N–H and O–H groups in total. The van der Waals surface area contributed by atoms with Crippen molar-refractivity contribution in [2.75, 3.05) is 0 Å². The van der Waals surface area contributed by atoms with Gasteiger partial charge in [-0.25, -0.2) is 14.6 Å². The number of nitrogens with zero attached hydrogens (tertiary/aromatic N) is 1. The molecule has 0 heterocycles. The molecule has 3 aromatic rings. The van der Waals surface area contributed by atoms with E-state index in [0.717, 1.165) is 4.47 Å². The standard InChI is InChI=1S/C21H14BrFN2O3/c22-17-7-3-16(4-8-17)21(27)28-19-11-1-14(2-12-19)13-24-25-20(26)15-5-9-18(23)10-6-15/h1-13H,(H,25,26)/b24-13-. The Morgan fingerprint density at radius 1 is 0.893 bits per heavy atom. The van der Waals surface area contributed by atoms with E-state index in [-0.39, 0.29) is 0 Å². The second-order valence-electron chi connectivity index (χ2n) is 5.67. The van der Waals surface area contributed by atoms with Crippen molar-refractivity contribution in [3.8, 4) is 5.75 Å². The third-order valence-electron chi connectivity index (χ3n) is 3.66. The maximum Gasteiger partial charge on any atom is 0.343 e. The van der Waals surface area contributed by atoms with Gasteiger partial charge in [0.15, 0.2) is 0 Å². The van der Waals surface area contributed by atoms with E-state index in [1.165, 1.54) is 30.5 Å². The Bertz CT molecular complexity index is 1000. The molecule has 0 aromatic heterocycles. The molecule has 0 bridgehead atoms. The van der Waals surface area contributed by atoms with Crippen molar-refractivity contribution < 1.29 is 18.7 Å². The molecule has 0 spiro atoms. The third kappa shape index (κ3) is 5.34. The van der Waals surface area contributed by atoms with Crippen LogP contribution < -0.4 is 10.2 Å². The number of benzene rings is 3. The molecule has 0 unspecified atom stereocenters. The molecule has 140 valence electrons. The molecule has 28 heavy (non-hydrogen) atoms. The van der Waals surface area contributed by atoms with Gasteiger partial charge in [0.05, 0.1) is 11.8 Å². The molecule has 0 aliphatic heterocycles. The second kappa shape index (κ2) is 9.05. The number of hydrazone groups is 1. The van der Waals surface area contributed by atoms with E-state index in [9.17, 15) is 14.0 Å². The van der Waals surface area contributed by atoms with E-state index in [4.69, 9.17) is 4.74 Å². The van der Waals surface area contributed by atoms with Gasteiger partial charge in [0.25, 0.3) is 5.91 Å². The first kappa shape index (κ1) is 19.4. The van der Waals surface area contributed by atoms with Crippen LogP contribution in [0, 0.1) is 5.82 Å². The first-order valence-electron chi connectivity index (χ1n) is 8.18. The van der Waals surface area contributed by atoms with Crippen LogP contribution in [-0.4, -0.2) is 18.1 Å². The number of hydrogen-bond donors (Lipinski definition) is 1.